The first kappa shape index (κ1) is 42.5. The number of thiol groups is 1. The Morgan fingerprint density at radius 3 is 1.63 bits per heavy atom. The summed E-state index contributed by atoms with van der Waals surface area (Å²) in [5.74, 6) is -0.0267. The molecule has 51 heavy (non-hydrogen) atoms. The molecule has 0 unspecified atom stereocenters. The number of hydrogen-bond acceptors (Lipinski definition) is 18. The highest BCUT2D eigenvalue weighted by Crippen LogP contribution is 2.33. The summed E-state index contributed by atoms with van der Waals surface area (Å²) in [5.41, 5.74) is 0. The molecule has 0 amide bonds. The van der Waals surface area contributed by atoms with Crippen molar-refractivity contribution in [3.63, 3.8) is 0 Å². The summed E-state index contributed by atoms with van der Waals surface area (Å²) in [5, 5.41) is 102. The first-order valence-corrected chi connectivity index (χ1v) is 18.6. The molecule has 4 rings (SSSR count). The molecule has 0 spiro atoms. The van der Waals surface area contributed by atoms with Crippen molar-refractivity contribution in [1.29, 1.82) is 0 Å². The Morgan fingerprint density at radius 1 is 0.627 bits per heavy atom. The number of ether oxygens (including phenoxy) is 6. The van der Waals surface area contributed by atoms with Gasteiger partial charge in [0.05, 0.1) is 25.5 Å². The lowest BCUT2D eigenvalue weighted by molar-refractivity contribution is -0.375. The predicted octanol–water partition coefficient (Wildman–Crippen LogP) is -2.04. The molecule has 18 nitrogen and oxygen atoms in total. The average molecular weight is 756 g/mol. The number of aliphatic hydroxyl groups is 9. The second-order valence-electron chi connectivity index (χ2n) is 13.4. The van der Waals surface area contributed by atoms with Crippen LogP contribution in [0.2, 0.25) is 0 Å². The van der Waals surface area contributed by atoms with Crippen molar-refractivity contribution in [3.8, 4) is 5.88 Å². The van der Waals surface area contributed by atoms with Crippen molar-refractivity contribution in [2.45, 2.75) is 170 Å². The molecule has 3 fully saturated rings. The van der Waals surface area contributed by atoms with E-state index in [0.29, 0.717) is 6.54 Å². The third-order valence-corrected chi connectivity index (χ3v) is 9.93. The molecular formula is C32H57N3O15S. The van der Waals surface area contributed by atoms with E-state index in [9.17, 15) is 46.0 Å². The molecule has 0 saturated carbocycles. The predicted molar refractivity (Wildman–Crippen MR) is 178 cm³/mol. The first-order chi connectivity index (χ1) is 24.5. The van der Waals surface area contributed by atoms with Gasteiger partial charge in [0.2, 0.25) is 6.29 Å². The lowest BCUT2D eigenvalue weighted by Gasteiger charge is -2.48. The summed E-state index contributed by atoms with van der Waals surface area (Å²) >= 11 is 4.05. The van der Waals surface area contributed by atoms with E-state index in [2.05, 4.69) is 29.9 Å². The van der Waals surface area contributed by atoms with Crippen molar-refractivity contribution in [1.82, 2.24) is 15.0 Å². The van der Waals surface area contributed by atoms with Gasteiger partial charge in [-0.2, -0.15) is 12.6 Å². The van der Waals surface area contributed by atoms with Crippen LogP contribution in [0.25, 0.3) is 0 Å². The second kappa shape index (κ2) is 21.0. The third-order valence-electron chi connectivity index (χ3n) is 9.57. The van der Waals surface area contributed by atoms with Crippen LogP contribution < -0.4 is 4.74 Å². The molecule has 0 bridgehead atoms. The smallest absolute Gasteiger partial charge is 0.255 e. The maximum Gasteiger partial charge on any atom is 0.255 e. The molecule has 0 aliphatic carbocycles. The van der Waals surface area contributed by atoms with Crippen LogP contribution in [-0.2, 0) is 30.2 Å². The van der Waals surface area contributed by atoms with Crippen LogP contribution in [0.1, 0.15) is 71.1 Å². The van der Waals surface area contributed by atoms with Gasteiger partial charge in [0, 0.05) is 12.3 Å². The Bertz CT molecular complexity index is 1120. The summed E-state index contributed by atoms with van der Waals surface area (Å²) in [6, 6.07) is 0. The fraction of sp³-hybridized carbons (Fsp3) is 0.938. The fourth-order valence-corrected chi connectivity index (χ4v) is 6.77. The molecule has 1 aromatic heterocycles. The second-order valence-corrected chi connectivity index (χ2v) is 13.8. The quantitative estimate of drug-likeness (QED) is 0.0508. The fourth-order valence-electron chi connectivity index (χ4n) is 6.46. The summed E-state index contributed by atoms with van der Waals surface area (Å²) in [6.45, 7) is 1.32. The molecule has 1 aromatic rings. The van der Waals surface area contributed by atoms with E-state index < -0.39 is 105 Å². The highest BCUT2D eigenvalue weighted by Gasteiger charge is 2.53. The monoisotopic (exact) mass is 755 g/mol. The van der Waals surface area contributed by atoms with Crippen molar-refractivity contribution in [3.05, 3.63) is 6.20 Å². The Kier molecular flexibility index (Phi) is 17.5. The van der Waals surface area contributed by atoms with E-state index in [0.717, 1.165) is 19.3 Å². The summed E-state index contributed by atoms with van der Waals surface area (Å²) in [6.07, 6.45) is -10.3. The van der Waals surface area contributed by atoms with Crippen molar-refractivity contribution < 1.29 is 74.4 Å². The number of aryl methyl sites for hydroxylation is 1. The third kappa shape index (κ3) is 11.1. The topological polar surface area (TPSA) is 268 Å². The lowest BCUT2D eigenvalue weighted by Crippen LogP contribution is -2.66. The Morgan fingerprint density at radius 2 is 1.10 bits per heavy atom. The minimum absolute atomic E-state index is 0.0233. The molecule has 4 heterocycles. The Labute approximate surface area is 302 Å². The summed E-state index contributed by atoms with van der Waals surface area (Å²) in [4.78, 5) is 0. The van der Waals surface area contributed by atoms with Gasteiger partial charge in [-0.1, -0.05) is 75.0 Å². The zero-order valence-corrected chi connectivity index (χ0v) is 29.8. The van der Waals surface area contributed by atoms with Crippen molar-refractivity contribution >= 4 is 12.6 Å². The molecule has 9 N–H and O–H groups in total. The Balaban J connectivity index is 1.27. The van der Waals surface area contributed by atoms with Crippen LogP contribution in [0.15, 0.2) is 6.20 Å². The van der Waals surface area contributed by atoms with Crippen LogP contribution in [-0.4, -0.2) is 172 Å². The molecule has 3 aliphatic rings. The van der Waals surface area contributed by atoms with Crippen LogP contribution in [0, 0.1) is 0 Å². The molecule has 19 heteroatoms. The van der Waals surface area contributed by atoms with Gasteiger partial charge in [-0.3, -0.25) is 0 Å². The van der Waals surface area contributed by atoms with Gasteiger partial charge in [-0.15, -0.1) is 0 Å². The van der Waals surface area contributed by atoms with E-state index >= 15 is 0 Å². The van der Waals surface area contributed by atoms with Gasteiger partial charge in [-0.25, -0.2) is 4.68 Å². The van der Waals surface area contributed by atoms with Crippen molar-refractivity contribution in [2.75, 3.05) is 19.0 Å². The van der Waals surface area contributed by atoms with Crippen LogP contribution in [0.5, 0.6) is 5.88 Å². The number of aliphatic hydroxyl groups excluding tert-OH is 9. The first-order valence-electron chi connectivity index (χ1n) is 18.0. The van der Waals surface area contributed by atoms with Gasteiger partial charge >= 0.3 is 0 Å². The van der Waals surface area contributed by atoms with Gasteiger partial charge in [0.25, 0.3) is 5.88 Å². The van der Waals surface area contributed by atoms with Crippen molar-refractivity contribution in [2.24, 2.45) is 0 Å². The molecule has 3 saturated heterocycles. The number of nitrogens with zero attached hydrogens (tertiary/aromatic N) is 3. The van der Waals surface area contributed by atoms with E-state index in [1.165, 1.54) is 51.1 Å². The Hall–Kier alpha value is -1.27. The number of rotatable bonds is 20. The molecule has 15 atom stereocenters. The molecular weight excluding hydrogens is 698 g/mol. The maximum absolute atomic E-state index is 11.0. The minimum atomic E-state index is -1.89. The van der Waals surface area contributed by atoms with Crippen LogP contribution in [0.4, 0.5) is 0 Å². The number of aromatic nitrogens is 3. The molecule has 0 aromatic carbocycles. The maximum atomic E-state index is 11.0. The summed E-state index contributed by atoms with van der Waals surface area (Å²) in [7, 11) is 0. The standard InChI is InChI=1S/C32H57N3O15S/c1-2-3-4-5-6-7-8-9-10-11-12-35-13-20(33-34-35)48-30-26(43)23(40)28(17(14-36)45-30)50-32-27(44)24(41)29(18(15-37)46-32)49-31-25(42)22(39)21(38)19(16-51)47-31/h13,17-19,21-32,36-44,51H,2-12,14-16H2,1H3/t17-,18-,19-,21+,22+,23-,24-,25-,26-,27-,28-,29-,30+,31+,32+/m1/s1. The average Bonchev–Trinajstić information content (AvgIpc) is 3.58. The van der Waals surface area contributed by atoms with Gasteiger partial charge in [0.1, 0.15) is 67.1 Å². The van der Waals surface area contributed by atoms with E-state index in [1.54, 1.807) is 4.68 Å². The van der Waals surface area contributed by atoms with Gasteiger partial charge < -0.3 is 74.4 Å². The number of hydrogen-bond donors (Lipinski definition) is 10. The lowest BCUT2D eigenvalue weighted by atomic mass is 9.96. The molecule has 296 valence electrons. The van der Waals surface area contributed by atoms with Crippen LogP contribution >= 0.6 is 12.6 Å². The largest absolute Gasteiger partial charge is 0.443 e. The molecule has 3 aliphatic heterocycles. The van der Waals surface area contributed by atoms with Gasteiger partial charge in [-0.05, 0) is 6.42 Å². The minimum Gasteiger partial charge on any atom is -0.443 e. The molecule has 0 radical (unpaired) electrons. The van der Waals surface area contributed by atoms with Crippen LogP contribution in [0.3, 0.4) is 0 Å². The normalized spacial score (nSPS) is 38.9. The highest BCUT2D eigenvalue weighted by atomic mass is 32.1. The number of unbranched alkanes of at least 4 members (excludes halogenated alkanes) is 9. The zero-order valence-electron chi connectivity index (χ0n) is 28.9. The van der Waals surface area contributed by atoms with E-state index in [4.69, 9.17) is 28.4 Å². The van der Waals surface area contributed by atoms with E-state index in [-0.39, 0.29) is 11.6 Å². The van der Waals surface area contributed by atoms with Gasteiger partial charge in [0.15, 0.2) is 12.6 Å². The zero-order chi connectivity index (χ0) is 37.1. The highest BCUT2D eigenvalue weighted by molar-refractivity contribution is 7.80. The SMILES string of the molecule is CCCCCCCCCCCCn1cc(O[C@@H]2O[C@H](CO)[C@@H](O[C@@H]3O[C@H](CO)[C@@H](O[C@@H]4O[C@H](CS)[C@H](O)[C@H](O)[C@H]4O)[C@H](O)[C@H]3O)[C@H](O)[C@H]2O)nn1. The summed E-state index contributed by atoms with van der Waals surface area (Å²) < 4.78 is 35.4. The van der Waals surface area contributed by atoms with E-state index in [1.807, 2.05) is 0 Å².